The fourth-order valence-electron chi connectivity index (χ4n) is 3.37. The SMILES string of the molecule is CCN1CC(c2noc(-c3cc(C4CCOC4)[nH]n3)n2)CCC1=O. The Labute approximate surface area is 139 Å². The van der Waals surface area contributed by atoms with Crippen molar-refractivity contribution >= 4 is 5.91 Å². The second kappa shape index (κ2) is 6.35. The molecule has 1 amide bonds. The first-order valence-electron chi connectivity index (χ1n) is 8.49. The molecule has 128 valence electrons. The molecule has 2 unspecified atom stereocenters. The van der Waals surface area contributed by atoms with Gasteiger partial charge in [-0.05, 0) is 25.8 Å². The van der Waals surface area contributed by atoms with Gasteiger partial charge in [0.05, 0.1) is 6.61 Å². The van der Waals surface area contributed by atoms with Crippen LogP contribution < -0.4 is 0 Å². The minimum Gasteiger partial charge on any atom is -0.381 e. The van der Waals surface area contributed by atoms with E-state index in [0.717, 1.165) is 31.7 Å². The summed E-state index contributed by atoms with van der Waals surface area (Å²) in [4.78, 5) is 18.1. The summed E-state index contributed by atoms with van der Waals surface area (Å²) in [5.74, 6) is 1.77. The minimum atomic E-state index is 0.127. The Balaban J connectivity index is 1.49. The van der Waals surface area contributed by atoms with Crippen molar-refractivity contribution in [1.82, 2.24) is 25.2 Å². The van der Waals surface area contributed by atoms with Gasteiger partial charge in [-0.3, -0.25) is 9.89 Å². The Morgan fingerprint density at radius 2 is 2.29 bits per heavy atom. The van der Waals surface area contributed by atoms with Gasteiger partial charge in [-0.25, -0.2) is 0 Å². The van der Waals surface area contributed by atoms with Crippen LogP contribution in [0.5, 0.6) is 0 Å². The van der Waals surface area contributed by atoms with Gasteiger partial charge >= 0.3 is 0 Å². The van der Waals surface area contributed by atoms with Crippen molar-refractivity contribution in [2.45, 2.75) is 38.0 Å². The predicted octanol–water partition coefficient (Wildman–Crippen LogP) is 1.69. The molecule has 2 atom stereocenters. The number of amides is 1. The number of likely N-dealkylation sites (N-methyl/N-ethyl adjacent to an activating group) is 1. The number of H-pyrrole nitrogens is 1. The largest absolute Gasteiger partial charge is 0.381 e. The number of ether oxygens (including phenoxy) is 1. The summed E-state index contributed by atoms with van der Waals surface area (Å²) in [6.45, 7) is 4.86. The molecule has 4 heterocycles. The van der Waals surface area contributed by atoms with E-state index in [4.69, 9.17) is 9.26 Å². The molecule has 2 aliphatic rings. The summed E-state index contributed by atoms with van der Waals surface area (Å²) in [6, 6.07) is 1.96. The van der Waals surface area contributed by atoms with Crippen molar-refractivity contribution in [3.05, 3.63) is 17.6 Å². The number of aromatic amines is 1. The number of nitrogens with one attached hydrogen (secondary N) is 1. The van der Waals surface area contributed by atoms with Crippen molar-refractivity contribution in [3.8, 4) is 11.6 Å². The Morgan fingerprint density at radius 1 is 1.38 bits per heavy atom. The summed E-state index contributed by atoms with van der Waals surface area (Å²) < 4.78 is 10.8. The zero-order chi connectivity index (χ0) is 16.5. The monoisotopic (exact) mass is 331 g/mol. The molecular weight excluding hydrogens is 310 g/mol. The molecule has 2 fully saturated rings. The lowest BCUT2D eigenvalue weighted by Crippen LogP contribution is -2.39. The fraction of sp³-hybridized carbons (Fsp3) is 0.625. The molecule has 0 aliphatic carbocycles. The third kappa shape index (κ3) is 2.82. The van der Waals surface area contributed by atoms with Crippen molar-refractivity contribution in [3.63, 3.8) is 0 Å². The van der Waals surface area contributed by atoms with E-state index in [2.05, 4.69) is 20.3 Å². The van der Waals surface area contributed by atoms with E-state index < -0.39 is 0 Å². The van der Waals surface area contributed by atoms with Crippen LogP contribution in [0.1, 0.15) is 49.5 Å². The topological polar surface area (TPSA) is 97.1 Å². The first kappa shape index (κ1) is 15.3. The summed E-state index contributed by atoms with van der Waals surface area (Å²) in [5, 5.41) is 11.5. The summed E-state index contributed by atoms with van der Waals surface area (Å²) in [6.07, 6.45) is 2.30. The third-order valence-electron chi connectivity index (χ3n) is 4.88. The molecule has 2 aromatic rings. The van der Waals surface area contributed by atoms with Crippen LogP contribution in [-0.4, -0.2) is 57.4 Å². The van der Waals surface area contributed by atoms with E-state index in [9.17, 15) is 4.79 Å². The summed E-state index contributed by atoms with van der Waals surface area (Å²) in [7, 11) is 0. The van der Waals surface area contributed by atoms with Crippen LogP contribution in [0.2, 0.25) is 0 Å². The molecule has 24 heavy (non-hydrogen) atoms. The maximum Gasteiger partial charge on any atom is 0.278 e. The van der Waals surface area contributed by atoms with Gasteiger partial charge in [-0.15, -0.1) is 0 Å². The number of hydrogen-bond donors (Lipinski definition) is 1. The third-order valence-corrected chi connectivity index (χ3v) is 4.88. The van der Waals surface area contributed by atoms with E-state index in [-0.39, 0.29) is 11.8 Å². The number of nitrogens with zero attached hydrogens (tertiary/aromatic N) is 4. The molecule has 0 bridgehead atoms. The van der Waals surface area contributed by atoms with Crippen LogP contribution >= 0.6 is 0 Å². The molecule has 8 nitrogen and oxygen atoms in total. The zero-order valence-electron chi connectivity index (χ0n) is 13.7. The molecule has 0 radical (unpaired) electrons. The fourth-order valence-corrected chi connectivity index (χ4v) is 3.37. The first-order valence-corrected chi connectivity index (χ1v) is 8.49. The zero-order valence-corrected chi connectivity index (χ0v) is 13.7. The molecule has 0 spiro atoms. The Kier molecular flexibility index (Phi) is 4.05. The van der Waals surface area contributed by atoms with E-state index in [1.54, 1.807) is 0 Å². The lowest BCUT2D eigenvalue weighted by Gasteiger charge is -2.30. The average molecular weight is 331 g/mol. The highest BCUT2D eigenvalue weighted by Gasteiger charge is 2.29. The maximum absolute atomic E-state index is 11.8. The van der Waals surface area contributed by atoms with Crippen molar-refractivity contribution in [2.24, 2.45) is 0 Å². The molecule has 2 saturated heterocycles. The lowest BCUT2D eigenvalue weighted by molar-refractivity contribution is -0.133. The normalized spacial score (nSPS) is 24.7. The molecule has 4 rings (SSSR count). The van der Waals surface area contributed by atoms with E-state index >= 15 is 0 Å². The van der Waals surface area contributed by atoms with Crippen LogP contribution in [-0.2, 0) is 9.53 Å². The molecule has 0 aromatic carbocycles. The second-order valence-corrected chi connectivity index (χ2v) is 6.39. The van der Waals surface area contributed by atoms with E-state index in [1.807, 2.05) is 17.9 Å². The van der Waals surface area contributed by atoms with Gasteiger partial charge < -0.3 is 14.2 Å². The van der Waals surface area contributed by atoms with Gasteiger partial charge in [0.1, 0.15) is 0 Å². The molecule has 8 heteroatoms. The van der Waals surface area contributed by atoms with E-state index in [1.165, 1.54) is 0 Å². The van der Waals surface area contributed by atoms with E-state index in [0.29, 0.717) is 42.8 Å². The van der Waals surface area contributed by atoms with Crippen LogP contribution in [0.15, 0.2) is 10.6 Å². The minimum absolute atomic E-state index is 0.127. The molecule has 2 aromatic heterocycles. The van der Waals surface area contributed by atoms with Crippen molar-refractivity contribution in [1.29, 1.82) is 0 Å². The number of likely N-dealkylation sites (tertiary alicyclic amines) is 1. The Hall–Kier alpha value is -2.22. The number of aromatic nitrogens is 4. The van der Waals surface area contributed by atoms with Crippen LogP contribution in [0.3, 0.4) is 0 Å². The summed E-state index contributed by atoms with van der Waals surface area (Å²) in [5.41, 5.74) is 1.71. The van der Waals surface area contributed by atoms with Gasteiger partial charge in [-0.2, -0.15) is 10.1 Å². The van der Waals surface area contributed by atoms with Gasteiger partial charge in [0.15, 0.2) is 11.5 Å². The lowest BCUT2D eigenvalue weighted by atomic mass is 9.97. The molecular formula is C16H21N5O3. The Morgan fingerprint density at radius 3 is 3.08 bits per heavy atom. The first-order chi connectivity index (χ1) is 11.7. The van der Waals surface area contributed by atoms with Crippen LogP contribution in [0.25, 0.3) is 11.6 Å². The molecule has 0 saturated carbocycles. The highest BCUT2D eigenvalue weighted by Crippen LogP contribution is 2.29. The van der Waals surface area contributed by atoms with Crippen LogP contribution in [0.4, 0.5) is 0 Å². The smallest absolute Gasteiger partial charge is 0.278 e. The highest BCUT2D eigenvalue weighted by molar-refractivity contribution is 5.77. The number of carbonyl (C=O) groups is 1. The van der Waals surface area contributed by atoms with Gasteiger partial charge in [-0.1, -0.05) is 5.16 Å². The molecule has 1 N–H and O–H groups in total. The highest BCUT2D eigenvalue weighted by atomic mass is 16.5. The Bertz CT molecular complexity index is 719. The van der Waals surface area contributed by atoms with Gasteiger partial charge in [0, 0.05) is 43.6 Å². The number of carbonyl (C=O) groups excluding carboxylic acids is 1. The summed E-state index contributed by atoms with van der Waals surface area (Å²) >= 11 is 0. The van der Waals surface area contributed by atoms with Crippen molar-refractivity contribution < 1.29 is 14.1 Å². The predicted molar refractivity (Wildman–Crippen MR) is 84.3 cm³/mol. The van der Waals surface area contributed by atoms with Gasteiger partial charge in [0.25, 0.3) is 5.89 Å². The maximum atomic E-state index is 11.8. The number of hydrogen-bond acceptors (Lipinski definition) is 6. The van der Waals surface area contributed by atoms with Crippen molar-refractivity contribution in [2.75, 3.05) is 26.3 Å². The van der Waals surface area contributed by atoms with Gasteiger partial charge in [0.2, 0.25) is 5.91 Å². The van der Waals surface area contributed by atoms with Crippen LogP contribution in [0, 0.1) is 0 Å². The molecule has 2 aliphatic heterocycles. The average Bonchev–Trinajstić information content (AvgIpc) is 3.34. The quantitative estimate of drug-likeness (QED) is 0.915. The number of piperidine rings is 1. The second-order valence-electron chi connectivity index (χ2n) is 6.39. The standard InChI is InChI=1S/C16H21N5O3/c1-2-21-8-10(3-4-14(21)22)15-17-16(24-20-15)13-7-12(18-19-13)11-5-6-23-9-11/h7,10-11H,2-6,8-9H2,1H3,(H,18,19). The number of rotatable bonds is 4.